The molecule has 5 rings (SSSR count). The predicted octanol–water partition coefficient (Wildman–Crippen LogP) is 1.94. The van der Waals surface area contributed by atoms with E-state index >= 15 is 0 Å². The Morgan fingerprint density at radius 2 is 1.30 bits per heavy atom. The Morgan fingerprint density at radius 1 is 0.815 bits per heavy atom. The van der Waals surface area contributed by atoms with E-state index in [9.17, 15) is 14.4 Å². The van der Waals surface area contributed by atoms with Gasteiger partial charge in [-0.2, -0.15) is 0 Å². The first-order chi connectivity index (χ1) is 13.1. The van der Waals surface area contributed by atoms with Crippen molar-refractivity contribution in [3.05, 3.63) is 35.4 Å². The van der Waals surface area contributed by atoms with Crippen LogP contribution in [0.3, 0.4) is 0 Å². The van der Waals surface area contributed by atoms with Crippen molar-refractivity contribution < 1.29 is 19.5 Å². The molecule has 0 unspecified atom stereocenters. The zero-order chi connectivity index (χ0) is 18.7. The molecule has 0 aliphatic carbocycles. The molecular formula is C20H19N3O4. The van der Waals surface area contributed by atoms with Crippen LogP contribution in [0.1, 0.15) is 33.6 Å². The molecule has 0 atom stereocenters. The molecule has 2 saturated heterocycles. The number of hydrogen-bond acceptors (Lipinski definition) is 5. The van der Waals surface area contributed by atoms with E-state index in [1.807, 2.05) is 12.1 Å². The molecule has 3 aliphatic rings. The maximum absolute atomic E-state index is 12.9. The summed E-state index contributed by atoms with van der Waals surface area (Å²) in [5.74, 6) is -2.27. The van der Waals surface area contributed by atoms with Crippen molar-refractivity contribution in [1.29, 1.82) is 0 Å². The molecule has 2 aromatic rings. The van der Waals surface area contributed by atoms with Crippen LogP contribution in [0, 0.1) is 0 Å². The quantitative estimate of drug-likeness (QED) is 0.834. The summed E-state index contributed by atoms with van der Waals surface area (Å²) in [5, 5.41) is 10.7. The maximum atomic E-state index is 12.9. The number of carboxylic acid groups (broad SMARTS) is 1. The molecule has 7 nitrogen and oxygen atoms in total. The van der Waals surface area contributed by atoms with Gasteiger partial charge in [-0.1, -0.05) is 0 Å². The van der Waals surface area contributed by atoms with E-state index in [0.717, 1.165) is 60.7 Å². The molecule has 7 heteroatoms. The molecule has 0 saturated carbocycles. The molecule has 2 amide bonds. The van der Waals surface area contributed by atoms with Crippen LogP contribution in [0.5, 0.6) is 0 Å². The van der Waals surface area contributed by atoms with Crippen molar-refractivity contribution in [2.24, 2.45) is 0 Å². The van der Waals surface area contributed by atoms with Gasteiger partial charge >= 0.3 is 5.97 Å². The maximum Gasteiger partial charge on any atom is 0.323 e. The van der Waals surface area contributed by atoms with Gasteiger partial charge in [0.05, 0.1) is 0 Å². The highest BCUT2D eigenvalue weighted by molar-refractivity contribution is 6.29. The van der Waals surface area contributed by atoms with E-state index in [2.05, 4.69) is 9.80 Å². The SMILES string of the molecule is O=C(O)CN1C(=O)c2ccc(N3CCC3)c3c(N4CCC4)ccc(c23)C1=O. The van der Waals surface area contributed by atoms with Gasteiger partial charge in [0, 0.05) is 59.5 Å². The molecule has 0 aromatic heterocycles. The number of benzene rings is 2. The highest BCUT2D eigenvalue weighted by Gasteiger charge is 2.36. The Labute approximate surface area is 155 Å². The Kier molecular flexibility index (Phi) is 3.40. The van der Waals surface area contributed by atoms with Crippen LogP contribution in [0.4, 0.5) is 11.4 Å². The smallest absolute Gasteiger partial charge is 0.323 e. The van der Waals surface area contributed by atoms with Gasteiger partial charge < -0.3 is 14.9 Å². The largest absolute Gasteiger partial charge is 0.480 e. The molecule has 0 bridgehead atoms. The molecular weight excluding hydrogens is 346 g/mol. The average molecular weight is 365 g/mol. The van der Waals surface area contributed by atoms with Crippen LogP contribution in [0.15, 0.2) is 24.3 Å². The van der Waals surface area contributed by atoms with Crippen molar-refractivity contribution >= 4 is 39.9 Å². The van der Waals surface area contributed by atoms with E-state index in [4.69, 9.17) is 5.11 Å². The molecule has 2 aromatic carbocycles. The van der Waals surface area contributed by atoms with Crippen LogP contribution in [0.2, 0.25) is 0 Å². The van der Waals surface area contributed by atoms with Crippen LogP contribution in [-0.4, -0.2) is 60.5 Å². The van der Waals surface area contributed by atoms with Crippen LogP contribution in [-0.2, 0) is 4.79 Å². The molecule has 3 aliphatic heterocycles. The lowest BCUT2D eigenvalue weighted by atomic mass is 9.90. The standard InChI is InChI=1S/C20H19N3O4/c24-16(25)11-23-19(26)12-3-5-14(21-7-1-8-21)18-15(22-9-2-10-22)6-4-13(17(12)18)20(23)27/h3-6H,1-2,7-11H2,(H,24,25). The Bertz CT molecular complexity index is 939. The highest BCUT2D eigenvalue weighted by atomic mass is 16.4. The first-order valence-electron chi connectivity index (χ1n) is 9.24. The second-order valence-electron chi connectivity index (χ2n) is 7.29. The molecule has 0 spiro atoms. The minimum absolute atomic E-state index is 0.410. The second kappa shape index (κ2) is 5.70. The van der Waals surface area contributed by atoms with Crippen molar-refractivity contribution in [3.63, 3.8) is 0 Å². The zero-order valence-electron chi connectivity index (χ0n) is 14.8. The Balaban J connectivity index is 1.77. The first-order valence-corrected chi connectivity index (χ1v) is 9.24. The monoisotopic (exact) mass is 365 g/mol. The number of aliphatic carboxylic acids is 1. The van der Waals surface area contributed by atoms with Crippen molar-refractivity contribution in [3.8, 4) is 0 Å². The molecule has 1 N–H and O–H groups in total. The Hall–Kier alpha value is -3.09. The number of imide groups is 1. The van der Waals surface area contributed by atoms with Crippen LogP contribution >= 0.6 is 0 Å². The third-order valence-corrected chi connectivity index (χ3v) is 5.75. The normalized spacial score (nSPS) is 18.6. The number of nitrogens with zero attached hydrogens (tertiary/aromatic N) is 3. The summed E-state index contributed by atoms with van der Waals surface area (Å²) in [6.45, 7) is 3.23. The second-order valence-corrected chi connectivity index (χ2v) is 7.29. The summed E-state index contributed by atoms with van der Waals surface area (Å²) in [4.78, 5) is 42.3. The number of carbonyl (C=O) groups excluding carboxylic acids is 2. The van der Waals surface area contributed by atoms with Crippen molar-refractivity contribution in [2.45, 2.75) is 12.8 Å². The van der Waals surface area contributed by atoms with Gasteiger partial charge in [0.1, 0.15) is 6.54 Å². The summed E-state index contributed by atoms with van der Waals surface area (Å²) in [6, 6.07) is 7.36. The highest BCUT2D eigenvalue weighted by Crippen LogP contribution is 2.43. The summed E-state index contributed by atoms with van der Waals surface area (Å²) in [7, 11) is 0. The first kappa shape index (κ1) is 16.1. The topological polar surface area (TPSA) is 81.2 Å². The number of rotatable bonds is 4. The third kappa shape index (κ3) is 2.24. The fourth-order valence-corrected chi connectivity index (χ4v) is 4.12. The van der Waals surface area contributed by atoms with E-state index in [1.165, 1.54) is 0 Å². The molecule has 2 fully saturated rings. The van der Waals surface area contributed by atoms with Crippen LogP contribution < -0.4 is 9.80 Å². The van der Waals surface area contributed by atoms with Crippen LogP contribution in [0.25, 0.3) is 10.8 Å². The minimum Gasteiger partial charge on any atom is -0.480 e. The zero-order valence-corrected chi connectivity index (χ0v) is 14.8. The van der Waals surface area contributed by atoms with Crippen molar-refractivity contribution in [2.75, 3.05) is 42.5 Å². The third-order valence-electron chi connectivity index (χ3n) is 5.75. The minimum atomic E-state index is -1.20. The molecule has 3 heterocycles. The molecule has 27 heavy (non-hydrogen) atoms. The van der Waals surface area contributed by atoms with Gasteiger partial charge in [-0.15, -0.1) is 0 Å². The van der Waals surface area contributed by atoms with Gasteiger partial charge in [0.15, 0.2) is 0 Å². The van der Waals surface area contributed by atoms with Gasteiger partial charge in [0.25, 0.3) is 11.8 Å². The number of amides is 2. The van der Waals surface area contributed by atoms with Crippen molar-refractivity contribution in [1.82, 2.24) is 4.90 Å². The van der Waals surface area contributed by atoms with Gasteiger partial charge in [-0.3, -0.25) is 19.3 Å². The summed E-state index contributed by atoms with van der Waals surface area (Å²) in [5.41, 5.74) is 2.92. The lowest BCUT2D eigenvalue weighted by Gasteiger charge is -2.39. The summed E-state index contributed by atoms with van der Waals surface area (Å²) >= 11 is 0. The number of anilines is 2. The summed E-state index contributed by atoms with van der Waals surface area (Å²) in [6.07, 6.45) is 2.26. The number of carboxylic acids is 1. The van der Waals surface area contributed by atoms with E-state index in [0.29, 0.717) is 16.5 Å². The van der Waals surface area contributed by atoms with E-state index < -0.39 is 24.3 Å². The van der Waals surface area contributed by atoms with E-state index in [-0.39, 0.29) is 0 Å². The average Bonchev–Trinajstić information content (AvgIpc) is 2.54. The lowest BCUT2D eigenvalue weighted by molar-refractivity contribution is -0.137. The molecule has 138 valence electrons. The number of hydrogen-bond donors (Lipinski definition) is 1. The van der Waals surface area contributed by atoms with E-state index in [1.54, 1.807) is 12.1 Å². The van der Waals surface area contributed by atoms with Gasteiger partial charge in [0.2, 0.25) is 0 Å². The predicted molar refractivity (Wildman–Crippen MR) is 101 cm³/mol. The van der Waals surface area contributed by atoms with Gasteiger partial charge in [-0.25, -0.2) is 0 Å². The summed E-state index contributed by atoms with van der Waals surface area (Å²) < 4.78 is 0. The number of carbonyl (C=O) groups is 3. The fraction of sp³-hybridized carbons (Fsp3) is 0.350. The van der Waals surface area contributed by atoms with Gasteiger partial charge in [-0.05, 0) is 37.1 Å². The molecule has 0 radical (unpaired) electrons. The Morgan fingerprint density at radius 3 is 1.67 bits per heavy atom. The lowest BCUT2D eigenvalue weighted by Crippen LogP contribution is -2.44. The fourth-order valence-electron chi connectivity index (χ4n) is 4.12.